The highest BCUT2D eigenvalue weighted by atomic mass is 32.1. The van der Waals surface area contributed by atoms with Gasteiger partial charge in [-0.15, -0.1) is 11.3 Å². The van der Waals surface area contributed by atoms with Crippen LogP contribution in [0, 0.1) is 5.92 Å². The number of piperidine rings is 1. The Kier molecular flexibility index (Phi) is 3.93. The predicted octanol–water partition coefficient (Wildman–Crippen LogP) is 2.88. The lowest BCUT2D eigenvalue weighted by Gasteiger charge is -2.32. The van der Waals surface area contributed by atoms with Gasteiger partial charge < -0.3 is 14.8 Å². The number of hydrogen-bond acceptors (Lipinski definition) is 5. The third-order valence-electron chi connectivity index (χ3n) is 4.50. The molecule has 0 bridgehead atoms. The first kappa shape index (κ1) is 15.1. The first-order valence-electron chi connectivity index (χ1n) is 8.09. The van der Waals surface area contributed by atoms with Gasteiger partial charge in [0, 0.05) is 31.7 Å². The van der Waals surface area contributed by atoms with Crippen LogP contribution in [0.25, 0.3) is 11.0 Å². The Hall–Kier alpha value is -2.41. The lowest BCUT2D eigenvalue weighted by molar-refractivity contribution is -0.120. The van der Waals surface area contributed by atoms with Crippen LogP contribution < -0.4 is 10.2 Å². The Balaban J connectivity index is 1.53. The Morgan fingerprint density at radius 1 is 1.38 bits per heavy atom. The van der Waals surface area contributed by atoms with E-state index in [9.17, 15) is 4.79 Å². The molecule has 1 aliphatic heterocycles. The van der Waals surface area contributed by atoms with Crippen LogP contribution in [-0.4, -0.2) is 33.5 Å². The van der Waals surface area contributed by atoms with Crippen molar-refractivity contribution in [3.05, 3.63) is 35.8 Å². The number of imidazole rings is 1. The van der Waals surface area contributed by atoms with Gasteiger partial charge in [0.25, 0.3) is 0 Å². The molecule has 0 radical (unpaired) electrons. The SMILES string of the molecule is Cn1c(N2CCCC(C(=O)Nc3nccs3)C2)nc2ccccc21. The number of nitrogens with zero attached hydrogens (tertiary/aromatic N) is 4. The van der Waals surface area contributed by atoms with Crippen LogP contribution >= 0.6 is 11.3 Å². The van der Waals surface area contributed by atoms with Crippen molar-refractivity contribution in [1.29, 1.82) is 0 Å². The van der Waals surface area contributed by atoms with Gasteiger partial charge in [0.15, 0.2) is 5.13 Å². The second-order valence-corrected chi connectivity index (χ2v) is 6.97. The fraction of sp³-hybridized carbons (Fsp3) is 0.353. The Morgan fingerprint density at radius 3 is 3.04 bits per heavy atom. The molecule has 1 unspecified atom stereocenters. The fourth-order valence-corrected chi connectivity index (χ4v) is 3.81. The molecule has 1 aliphatic rings. The quantitative estimate of drug-likeness (QED) is 0.796. The average molecular weight is 341 g/mol. The Morgan fingerprint density at radius 2 is 2.25 bits per heavy atom. The van der Waals surface area contributed by atoms with Gasteiger partial charge in [-0.25, -0.2) is 9.97 Å². The molecule has 1 N–H and O–H groups in total. The topological polar surface area (TPSA) is 63.1 Å². The summed E-state index contributed by atoms with van der Waals surface area (Å²) in [7, 11) is 2.03. The number of hydrogen-bond donors (Lipinski definition) is 1. The van der Waals surface area contributed by atoms with Crippen molar-refractivity contribution < 1.29 is 4.79 Å². The molecular formula is C17H19N5OS. The number of rotatable bonds is 3. The second-order valence-electron chi connectivity index (χ2n) is 6.07. The van der Waals surface area contributed by atoms with Crippen molar-refractivity contribution in [2.45, 2.75) is 12.8 Å². The van der Waals surface area contributed by atoms with Gasteiger partial charge in [-0.05, 0) is 25.0 Å². The summed E-state index contributed by atoms with van der Waals surface area (Å²) >= 11 is 1.44. The highest BCUT2D eigenvalue weighted by Crippen LogP contribution is 2.26. The molecule has 3 heterocycles. The number of nitrogens with one attached hydrogen (secondary N) is 1. The highest BCUT2D eigenvalue weighted by Gasteiger charge is 2.28. The Labute approximate surface area is 144 Å². The van der Waals surface area contributed by atoms with Crippen molar-refractivity contribution >= 4 is 39.4 Å². The van der Waals surface area contributed by atoms with E-state index >= 15 is 0 Å². The molecule has 6 nitrogen and oxygen atoms in total. The van der Waals surface area contributed by atoms with Gasteiger partial charge in [0.05, 0.1) is 17.0 Å². The first-order valence-corrected chi connectivity index (χ1v) is 8.97. The van der Waals surface area contributed by atoms with Crippen LogP contribution in [0.1, 0.15) is 12.8 Å². The minimum Gasteiger partial charge on any atom is -0.341 e. The molecule has 2 aromatic heterocycles. The monoisotopic (exact) mass is 341 g/mol. The molecule has 24 heavy (non-hydrogen) atoms. The van der Waals surface area contributed by atoms with Crippen LogP contribution in [0.5, 0.6) is 0 Å². The third kappa shape index (κ3) is 2.75. The summed E-state index contributed by atoms with van der Waals surface area (Å²) in [5.41, 5.74) is 2.10. The summed E-state index contributed by atoms with van der Waals surface area (Å²) in [5.74, 6) is 0.943. The minimum absolute atomic E-state index is 0.0394. The van der Waals surface area contributed by atoms with E-state index in [1.54, 1.807) is 6.20 Å². The number of aryl methyl sites for hydroxylation is 1. The molecule has 0 spiro atoms. The Bertz CT molecular complexity index is 857. The second kappa shape index (κ2) is 6.24. The van der Waals surface area contributed by atoms with Crippen LogP contribution in [0.3, 0.4) is 0 Å². The first-order chi connectivity index (χ1) is 11.7. The van der Waals surface area contributed by atoms with Gasteiger partial charge in [-0.2, -0.15) is 0 Å². The maximum absolute atomic E-state index is 12.5. The lowest BCUT2D eigenvalue weighted by atomic mass is 9.97. The standard InChI is InChI=1S/C17H19N5OS/c1-21-14-7-3-2-6-13(14)19-17(21)22-9-4-5-12(11-22)15(23)20-16-18-8-10-24-16/h2-3,6-8,10,12H,4-5,9,11H2,1H3,(H,18,20,23). The van der Waals surface area contributed by atoms with Gasteiger partial charge in [-0.1, -0.05) is 12.1 Å². The van der Waals surface area contributed by atoms with Crippen LogP contribution in [-0.2, 0) is 11.8 Å². The van der Waals surface area contributed by atoms with E-state index in [1.807, 2.05) is 30.6 Å². The zero-order chi connectivity index (χ0) is 16.5. The van der Waals surface area contributed by atoms with Crippen LogP contribution in [0.15, 0.2) is 35.8 Å². The molecule has 1 atom stereocenters. The van der Waals surface area contributed by atoms with Gasteiger partial charge >= 0.3 is 0 Å². The van der Waals surface area contributed by atoms with E-state index in [-0.39, 0.29) is 11.8 Å². The average Bonchev–Trinajstić information content (AvgIpc) is 3.23. The molecule has 4 rings (SSSR count). The van der Waals surface area contributed by atoms with Gasteiger partial charge in [0.1, 0.15) is 0 Å². The number of aromatic nitrogens is 3. The molecular weight excluding hydrogens is 322 g/mol. The predicted molar refractivity (Wildman–Crippen MR) is 96.4 cm³/mol. The van der Waals surface area contributed by atoms with E-state index < -0.39 is 0 Å². The summed E-state index contributed by atoms with van der Waals surface area (Å²) in [6.45, 7) is 1.62. The van der Waals surface area contributed by atoms with E-state index in [2.05, 4.69) is 25.8 Å². The summed E-state index contributed by atoms with van der Waals surface area (Å²) in [6.07, 6.45) is 3.59. The number of amides is 1. The zero-order valence-corrected chi connectivity index (χ0v) is 14.3. The van der Waals surface area contributed by atoms with E-state index in [4.69, 9.17) is 4.98 Å². The molecule has 1 fully saturated rings. The van der Waals surface area contributed by atoms with Gasteiger partial charge in [0.2, 0.25) is 11.9 Å². The maximum Gasteiger partial charge on any atom is 0.231 e. The van der Waals surface area contributed by atoms with Crippen molar-refractivity contribution in [3.8, 4) is 0 Å². The maximum atomic E-state index is 12.5. The van der Waals surface area contributed by atoms with E-state index in [1.165, 1.54) is 11.3 Å². The molecule has 124 valence electrons. The summed E-state index contributed by atoms with van der Waals surface area (Å²) in [4.78, 5) is 23.6. The van der Waals surface area contributed by atoms with Crippen molar-refractivity contribution in [1.82, 2.24) is 14.5 Å². The number of carbonyl (C=O) groups excluding carboxylic acids is 1. The molecule has 1 saturated heterocycles. The van der Waals surface area contributed by atoms with Crippen LogP contribution in [0.4, 0.5) is 11.1 Å². The minimum atomic E-state index is -0.0394. The van der Waals surface area contributed by atoms with E-state index in [0.717, 1.165) is 36.4 Å². The third-order valence-corrected chi connectivity index (χ3v) is 5.19. The number of benzene rings is 1. The molecule has 0 aliphatic carbocycles. The fourth-order valence-electron chi connectivity index (χ4n) is 3.28. The molecule has 0 saturated carbocycles. The molecule has 3 aromatic rings. The highest BCUT2D eigenvalue weighted by molar-refractivity contribution is 7.13. The summed E-state index contributed by atoms with van der Waals surface area (Å²) in [6, 6.07) is 8.12. The number of carbonyl (C=O) groups is 1. The molecule has 1 amide bonds. The van der Waals surface area contributed by atoms with Gasteiger partial charge in [-0.3, -0.25) is 4.79 Å². The number of para-hydroxylation sites is 2. The normalized spacial score (nSPS) is 18.0. The smallest absolute Gasteiger partial charge is 0.231 e. The van der Waals surface area contributed by atoms with E-state index in [0.29, 0.717) is 11.7 Å². The van der Waals surface area contributed by atoms with Crippen LogP contribution in [0.2, 0.25) is 0 Å². The summed E-state index contributed by atoms with van der Waals surface area (Å²) in [5, 5.41) is 5.45. The zero-order valence-electron chi connectivity index (χ0n) is 13.5. The van der Waals surface area contributed by atoms with Crippen molar-refractivity contribution in [2.75, 3.05) is 23.3 Å². The molecule has 1 aromatic carbocycles. The summed E-state index contributed by atoms with van der Waals surface area (Å²) < 4.78 is 2.11. The molecule has 7 heteroatoms. The largest absolute Gasteiger partial charge is 0.341 e. The number of anilines is 2. The number of fused-ring (bicyclic) bond motifs is 1. The van der Waals surface area contributed by atoms with Crippen molar-refractivity contribution in [3.63, 3.8) is 0 Å². The number of thiazole rings is 1. The lowest BCUT2D eigenvalue weighted by Crippen LogP contribution is -2.41. The van der Waals surface area contributed by atoms with Crippen molar-refractivity contribution in [2.24, 2.45) is 13.0 Å².